The number of aryl methyl sites for hydroxylation is 1. The summed E-state index contributed by atoms with van der Waals surface area (Å²) in [4.78, 5) is 19.5. The first-order chi connectivity index (χ1) is 23.8. The minimum absolute atomic E-state index is 0.0688. The molecule has 4 aromatic rings. The summed E-state index contributed by atoms with van der Waals surface area (Å²) in [5.74, 6) is -0.388. The molecule has 1 aliphatic heterocycles. The molecule has 2 aromatic carbocycles. The van der Waals surface area contributed by atoms with E-state index in [0.717, 1.165) is 35.9 Å². The summed E-state index contributed by atoms with van der Waals surface area (Å²) in [5.41, 5.74) is -1.38. The van der Waals surface area contributed by atoms with Gasteiger partial charge in [0.25, 0.3) is 5.91 Å². The number of rotatable bonds is 11. The van der Waals surface area contributed by atoms with Crippen molar-refractivity contribution >= 4 is 17.5 Å². The fourth-order valence-corrected chi connectivity index (χ4v) is 6.16. The van der Waals surface area contributed by atoms with Crippen LogP contribution in [0.25, 0.3) is 22.5 Å². The first-order valence-corrected chi connectivity index (χ1v) is 15.8. The van der Waals surface area contributed by atoms with Crippen LogP contribution in [0.15, 0.2) is 48.8 Å². The van der Waals surface area contributed by atoms with Gasteiger partial charge in [0.15, 0.2) is 5.82 Å². The lowest BCUT2D eigenvalue weighted by Gasteiger charge is -2.34. The lowest BCUT2D eigenvalue weighted by Crippen LogP contribution is -2.44. The number of aromatic nitrogens is 4. The Morgan fingerprint density at radius 2 is 1.80 bits per heavy atom. The lowest BCUT2D eigenvalue weighted by molar-refractivity contribution is -0.138. The molecule has 1 saturated carbocycles. The largest absolute Gasteiger partial charge is 0.416 e. The van der Waals surface area contributed by atoms with Gasteiger partial charge in [-0.15, -0.1) is 10.2 Å². The van der Waals surface area contributed by atoms with Gasteiger partial charge in [-0.05, 0) is 84.0 Å². The molecule has 16 heteroatoms. The molecule has 2 aliphatic rings. The van der Waals surface area contributed by atoms with Crippen LogP contribution in [0.2, 0.25) is 0 Å². The monoisotopic (exact) mass is 698 g/mol. The number of pyridine rings is 1. The highest BCUT2D eigenvalue weighted by atomic mass is 19.4. The van der Waals surface area contributed by atoms with Crippen molar-refractivity contribution in [1.29, 1.82) is 5.26 Å². The van der Waals surface area contributed by atoms with Crippen LogP contribution >= 0.6 is 0 Å². The van der Waals surface area contributed by atoms with E-state index in [4.69, 9.17) is 10.00 Å². The van der Waals surface area contributed by atoms with Gasteiger partial charge >= 0.3 is 12.4 Å². The number of fused-ring (bicyclic) bond motifs is 1. The summed E-state index contributed by atoms with van der Waals surface area (Å²) >= 11 is 0. The minimum Gasteiger partial charge on any atom is -0.381 e. The van der Waals surface area contributed by atoms with Gasteiger partial charge in [-0.3, -0.25) is 9.69 Å². The average Bonchev–Trinajstić information content (AvgIpc) is 3.63. The second-order valence-corrected chi connectivity index (χ2v) is 12.3. The van der Waals surface area contributed by atoms with Crippen LogP contribution in [0.3, 0.4) is 0 Å². The Kier molecular flexibility index (Phi) is 9.56. The summed E-state index contributed by atoms with van der Waals surface area (Å²) in [6, 6.07) is 10.6. The van der Waals surface area contributed by atoms with Crippen molar-refractivity contribution in [3.8, 4) is 28.6 Å². The molecule has 262 valence electrons. The highest BCUT2D eigenvalue weighted by Gasteiger charge is 2.41. The number of alkyl halides is 6. The van der Waals surface area contributed by atoms with E-state index in [-0.39, 0.29) is 76.9 Å². The predicted octanol–water partition coefficient (Wildman–Crippen LogP) is 6.72. The molecule has 2 aromatic heterocycles. The third kappa shape index (κ3) is 7.15. The van der Waals surface area contributed by atoms with Gasteiger partial charge in [0, 0.05) is 50.8 Å². The maximum Gasteiger partial charge on any atom is 0.416 e. The number of halogens is 6. The average molecular weight is 699 g/mol. The normalized spacial score (nSPS) is 17.4. The van der Waals surface area contributed by atoms with Crippen LogP contribution in [0.5, 0.6) is 0 Å². The van der Waals surface area contributed by atoms with Gasteiger partial charge in [0.05, 0.1) is 29.8 Å². The molecule has 0 atom stereocenters. The number of carbonyl (C=O) groups is 1. The number of benzene rings is 2. The second-order valence-electron chi connectivity index (χ2n) is 12.3. The summed E-state index contributed by atoms with van der Waals surface area (Å²) in [5, 5.41) is 23.1. The molecule has 3 heterocycles. The van der Waals surface area contributed by atoms with E-state index < -0.39 is 35.9 Å². The molecule has 1 amide bonds. The van der Waals surface area contributed by atoms with E-state index >= 15 is 0 Å². The number of carbonyl (C=O) groups excluding carboxylic acids is 1. The van der Waals surface area contributed by atoms with Gasteiger partial charge < -0.3 is 19.9 Å². The van der Waals surface area contributed by atoms with Crippen LogP contribution in [0.4, 0.5) is 38.0 Å². The smallest absolute Gasteiger partial charge is 0.381 e. The number of nitriles is 1. The number of methoxy groups -OCH3 is 1. The predicted molar refractivity (Wildman–Crippen MR) is 171 cm³/mol. The number of nitrogens with zero attached hydrogens (tertiary/aromatic N) is 6. The Balaban J connectivity index is 1.42. The SMILES string of the molecule is CO[C@H]1C[C@@H](NCc2cc3c(c(C(F)(F)F)c2)CN(c2cc(-c4cc(C(F)(F)F)ccc4-c4nncn4C)cc(NCCCC#N)n2)C3=O)C1. The zero-order valence-electron chi connectivity index (χ0n) is 27.0. The highest BCUT2D eigenvalue weighted by Crippen LogP contribution is 2.42. The molecule has 0 bridgehead atoms. The molecule has 6 rings (SSSR count). The number of ether oxygens (including phenoxy) is 1. The topological polar surface area (TPSA) is 121 Å². The van der Waals surface area contributed by atoms with Crippen LogP contribution in [-0.4, -0.2) is 51.5 Å². The maximum absolute atomic E-state index is 14.4. The molecular weight excluding hydrogens is 666 g/mol. The van der Waals surface area contributed by atoms with E-state index in [2.05, 4.69) is 25.8 Å². The summed E-state index contributed by atoms with van der Waals surface area (Å²) < 4.78 is 92.0. The Morgan fingerprint density at radius 3 is 2.46 bits per heavy atom. The van der Waals surface area contributed by atoms with Gasteiger partial charge in [-0.25, -0.2) is 4.98 Å². The Labute approximate surface area is 283 Å². The first-order valence-electron chi connectivity index (χ1n) is 15.8. The summed E-state index contributed by atoms with van der Waals surface area (Å²) in [6.07, 6.45) is -5.90. The number of anilines is 2. The Morgan fingerprint density at radius 1 is 1.02 bits per heavy atom. The summed E-state index contributed by atoms with van der Waals surface area (Å²) in [7, 11) is 3.23. The van der Waals surface area contributed by atoms with Crippen molar-refractivity contribution in [1.82, 2.24) is 25.1 Å². The number of hydrogen-bond acceptors (Lipinski definition) is 8. The molecule has 0 unspecified atom stereocenters. The molecular formula is C34H32F6N8O2. The van der Waals surface area contributed by atoms with Crippen molar-refractivity contribution in [3.05, 3.63) is 76.6 Å². The Hall–Kier alpha value is -5.01. The number of hydrogen-bond donors (Lipinski definition) is 2. The van der Waals surface area contributed by atoms with E-state index in [1.54, 1.807) is 14.2 Å². The van der Waals surface area contributed by atoms with Crippen LogP contribution in [0.1, 0.15) is 58.3 Å². The molecule has 0 radical (unpaired) electrons. The number of unbranched alkanes of at least 4 members (excludes halogenated alkanes) is 1. The lowest BCUT2D eigenvalue weighted by atomic mass is 9.89. The Bertz CT molecular complexity index is 1950. The standard InChI is InChI=1S/C34H32F6N8O2/c1-47-18-44-46-31(47)24-6-5-21(33(35,36)37)13-25(24)20-11-29(42-8-4-3-7-41)45-30(12-20)48-17-27-26(32(48)49)9-19(10-28(27)34(38,39)40)16-43-22-14-23(15-22)50-2/h5-6,9-13,18,22-23,43H,3-4,8,14-17H2,1-2H3,(H,42,45)/t22-,23+. The molecule has 2 N–H and O–H groups in total. The van der Waals surface area contributed by atoms with E-state index in [0.29, 0.717) is 12.0 Å². The highest BCUT2D eigenvalue weighted by molar-refractivity contribution is 6.10. The van der Waals surface area contributed by atoms with E-state index in [1.807, 2.05) is 6.07 Å². The fourth-order valence-electron chi connectivity index (χ4n) is 6.16. The van der Waals surface area contributed by atoms with Gasteiger partial charge in [-0.1, -0.05) is 0 Å². The van der Waals surface area contributed by atoms with Gasteiger partial charge in [0.2, 0.25) is 0 Å². The number of amides is 1. The second kappa shape index (κ2) is 13.7. The van der Waals surface area contributed by atoms with Crippen LogP contribution in [-0.2, 0) is 37.2 Å². The van der Waals surface area contributed by atoms with Gasteiger partial charge in [-0.2, -0.15) is 31.6 Å². The van der Waals surface area contributed by atoms with Crippen molar-refractivity contribution in [3.63, 3.8) is 0 Å². The van der Waals surface area contributed by atoms with Crippen molar-refractivity contribution in [2.75, 3.05) is 23.9 Å². The third-order valence-corrected chi connectivity index (χ3v) is 8.90. The van der Waals surface area contributed by atoms with E-state index in [9.17, 15) is 31.1 Å². The third-order valence-electron chi connectivity index (χ3n) is 8.90. The zero-order valence-corrected chi connectivity index (χ0v) is 27.0. The van der Waals surface area contributed by atoms with Gasteiger partial charge in [0.1, 0.15) is 18.0 Å². The van der Waals surface area contributed by atoms with Crippen LogP contribution in [0, 0.1) is 11.3 Å². The van der Waals surface area contributed by atoms with Crippen molar-refractivity contribution in [2.24, 2.45) is 7.05 Å². The maximum atomic E-state index is 14.4. The molecule has 0 spiro atoms. The quantitative estimate of drug-likeness (QED) is 0.131. The zero-order chi connectivity index (χ0) is 35.8. The van der Waals surface area contributed by atoms with Crippen molar-refractivity contribution in [2.45, 2.75) is 63.3 Å². The molecule has 0 saturated heterocycles. The fraction of sp³-hybridized carbons (Fsp3) is 0.382. The molecule has 50 heavy (non-hydrogen) atoms. The minimum atomic E-state index is -4.76. The summed E-state index contributed by atoms with van der Waals surface area (Å²) in [6.45, 7) is -0.0927. The van der Waals surface area contributed by atoms with E-state index in [1.165, 1.54) is 35.2 Å². The first kappa shape index (κ1) is 34.8. The molecule has 1 fully saturated rings. The molecule has 1 aliphatic carbocycles. The number of nitrogens with one attached hydrogen (secondary N) is 2. The molecule has 10 nitrogen and oxygen atoms in total. The van der Waals surface area contributed by atoms with Crippen LogP contribution < -0.4 is 15.5 Å². The van der Waals surface area contributed by atoms with Crippen molar-refractivity contribution < 1.29 is 35.9 Å².